The van der Waals surface area contributed by atoms with Crippen molar-refractivity contribution >= 4 is 17.4 Å². The van der Waals surface area contributed by atoms with Crippen LogP contribution in [0, 0.1) is 0 Å². The monoisotopic (exact) mass is 266 g/mol. The third-order valence-electron chi connectivity index (χ3n) is 3.43. The lowest BCUT2D eigenvalue weighted by atomic mass is 10.1. The van der Waals surface area contributed by atoms with E-state index in [1.54, 1.807) is 6.07 Å². The molecule has 1 fully saturated rings. The van der Waals surface area contributed by atoms with Gasteiger partial charge in [0, 0.05) is 23.6 Å². The summed E-state index contributed by atoms with van der Waals surface area (Å²) in [5.41, 5.74) is 7.37. The number of hydrogen-bond donors (Lipinski definition) is 2. The van der Waals surface area contributed by atoms with Gasteiger partial charge in [0.1, 0.15) is 5.75 Å². The number of nitrogens with zero attached hydrogens (tertiary/aromatic N) is 1. The maximum atomic E-state index is 9.42. The van der Waals surface area contributed by atoms with E-state index in [0.717, 1.165) is 19.6 Å². The average Bonchev–Trinajstić information content (AvgIpc) is 2.46. The number of rotatable bonds is 2. The summed E-state index contributed by atoms with van der Waals surface area (Å²) in [4.78, 5) is 2.47. The molecule has 0 atom stereocenters. The fraction of sp³-hybridized carbons (Fsp3) is 0.571. The Hall–Kier alpha value is -0.870. The number of hydrogen-bond acceptors (Lipinski definition) is 4. The summed E-state index contributed by atoms with van der Waals surface area (Å²) < 4.78 is 0.392. The van der Waals surface area contributed by atoms with E-state index in [0.29, 0.717) is 10.4 Å². The molecular formula is C14H22N2OS. The van der Waals surface area contributed by atoms with Crippen molar-refractivity contribution in [1.82, 2.24) is 4.90 Å². The van der Waals surface area contributed by atoms with Crippen LogP contribution in [0.15, 0.2) is 18.2 Å². The van der Waals surface area contributed by atoms with Crippen molar-refractivity contribution in [3.05, 3.63) is 23.8 Å². The second-order valence-corrected chi connectivity index (χ2v) is 7.33. The number of benzene rings is 1. The normalized spacial score (nSPS) is 20.6. The number of nitrogens with two attached hydrogens (primary N) is 1. The Balaban J connectivity index is 1.98. The molecule has 0 saturated carbocycles. The summed E-state index contributed by atoms with van der Waals surface area (Å²) in [7, 11) is 0. The van der Waals surface area contributed by atoms with Crippen molar-refractivity contribution in [3.8, 4) is 5.75 Å². The minimum Gasteiger partial charge on any atom is -0.506 e. The van der Waals surface area contributed by atoms with Gasteiger partial charge in [0.25, 0.3) is 0 Å². The van der Waals surface area contributed by atoms with Gasteiger partial charge in [0.15, 0.2) is 0 Å². The van der Waals surface area contributed by atoms with Crippen LogP contribution in [0.2, 0.25) is 0 Å². The van der Waals surface area contributed by atoms with Crippen molar-refractivity contribution in [2.24, 2.45) is 0 Å². The number of anilines is 1. The van der Waals surface area contributed by atoms with Crippen LogP contribution >= 0.6 is 11.8 Å². The highest BCUT2D eigenvalue weighted by molar-refractivity contribution is 8.00. The first-order valence-electron chi connectivity index (χ1n) is 6.40. The van der Waals surface area contributed by atoms with E-state index in [9.17, 15) is 5.11 Å². The third-order valence-corrected chi connectivity index (χ3v) is 4.80. The molecule has 0 spiro atoms. The highest BCUT2D eigenvalue weighted by atomic mass is 32.2. The Morgan fingerprint density at radius 1 is 1.39 bits per heavy atom. The lowest BCUT2D eigenvalue weighted by Crippen LogP contribution is -2.26. The minimum atomic E-state index is 0.173. The Morgan fingerprint density at radius 3 is 2.89 bits per heavy atom. The number of thioether (sulfide) groups is 1. The SMILES string of the molecule is CC1(C)CCN(Cc2ccc(O)c(N)c2)CCS1. The fourth-order valence-electron chi connectivity index (χ4n) is 2.18. The van der Waals surface area contributed by atoms with Crippen LogP contribution in [0.4, 0.5) is 5.69 Å². The van der Waals surface area contributed by atoms with Crippen LogP contribution in [-0.2, 0) is 6.54 Å². The second-order valence-electron chi connectivity index (χ2n) is 5.53. The third kappa shape index (κ3) is 3.56. The zero-order valence-corrected chi connectivity index (χ0v) is 12.0. The van der Waals surface area contributed by atoms with Crippen LogP contribution in [0.25, 0.3) is 0 Å². The zero-order valence-electron chi connectivity index (χ0n) is 11.1. The molecule has 18 heavy (non-hydrogen) atoms. The first-order chi connectivity index (χ1) is 8.46. The predicted molar refractivity (Wildman–Crippen MR) is 79.0 cm³/mol. The summed E-state index contributed by atoms with van der Waals surface area (Å²) in [6, 6.07) is 5.51. The summed E-state index contributed by atoms with van der Waals surface area (Å²) in [6.07, 6.45) is 1.21. The molecule has 4 heteroatoms. The zero-order chi connectivity index (χ0) is 13.2. The van der Waals surface area contributed by atoms with Gasteiger partial charge in [-0.05, 0) is 30.7 Å². The van der Waals surface area contributed by atoms with Gasteiger partial charge in [0.05, 0.1) is 5.69 Å². The molecule has 100 valence electrons. The van der Waals surface area contributed by atoms with Crippen molar-refractivity contribution in [2.45, 2.75) is 31.6 Å². The molecule has 3 N–H and O–H groups in total. The van der Waals surface area contributed by atoms with Gasteiger partial charge in [-0.1, -0.05) is 19.9 Å². The Morgan fingerprint density at radius 2 is 2.17 bits per heavy atom. The molecule has 1 saturated heterocycles. The number of phenolic OH excluding ortho intramolecular Hbond substituents is 1. The largest absolute Gasteiger partial charge is 0.506 e. The molecule has 1 aromatic carbocycles. The van der Waals surface area contributed by atoms with E-state index in [1.807, 2.05) is 12.1 Å². The molecule has 1 aromatic rings. The predicted octanol–water partition coefficient (Wildman–Crippen LogP) is 2.69. The average molecular weight is 266 g/mol. The van der Waals surface area contributed by atoms with E-state index in [1.165, 1.54) is 17.7 Å². The highest BCUT2D eigenvalue weighted by Crippen LogP contribution is 2.31. The maximum absolute atomic E-state index is 9.42. The Bertz CT molecular complexity index is 420. The summed E-state index contributed by atoms with van der Waals surface area (Å²) >= 11 is 2.05. The number of aromatic hydroxyl groups is 1. The Labute approximate surface area is 113 Å². The van der Waals surface area contributed by atoms with E-state index >= 15 is 0 Å². The molecule has 0 aliphatic carbocycles. The lowest BCUT2D eigenvalue weighted by molar-refractivity contribution is 0.276. The molecule has 0 amide bonds. The molecular weight excluding hydrogens is 244 g/mol. The Kier molecular flexibility index (Phi) is 4.07. The fourth-order valence-corrected chi connectivity index (χ4v) is 3.32. The van der Waals surface area contributed by atoms with Crippen LogP contribution < -0.4 is 5.73 Å². The van der Waals surface area contributed by atoms with Gasteiger partial charge in [-0.3, -0.25) is 4.90 Å². The molecule has 0 bridgehead atoms. The van der Waals surface area contributed by atoms with E-state index in [2.05, 4.69) is 30.5 Å². The van der Waals surface area contributed by atoms with Crippen molar-refractivity contribution in [2.75, 3.05) is 24.6 Å². The van der Waals surface area contributed by atoms with E-state index in [4.69, 9.17) is 5.73 Å². The molecule has 1 aliphatic rings. The molecule has 0 unspecified atom stereocenters. The summed E-state index contributed by atoms with van der Waals surface area (Å²) in [6.45, 7) is 7.80. The molecule has 2 rings (SSSR count). The van der Waals surface area contributed by atoms with Crippen molar-refractivity contribution < 1.29 is 5.11 Å². The standard InChI is InChI=1S/C14H22N2OS/c1-14(2)5-6-16(7-8-18-14)10-11-3-4-13(17)12(15)9-11/h3-4,9,17H,5-8,10,15H2,1-2H3. The summed E-state index contributed by atoms with van der Waals surface area (Å²) in [5, 5.41) is 9.42. The van der Waals surface area contributed by atoms with Gasteiger partial charge in [-0.25, -0.2) is 0 Å². The first-order valence-corrected chi connectivity index (χ1v) is 7.38. The molecule has 0 radical (unpaired) electrons. The summed E-state index contributed by atoms with van der Waals surface area (Å²) in [5.74, 6) is 1.35. The molecule has 0 aromatic heterocycles. The van der Waals surface area contributed by atoms with E-state index in [-0.39, 0.29) is 5.75 Å². The van der Waals surface area contributed by atoms with Gasteiger partial charge in [-0.2, -0.15) is 11.8 Å². The topological polar surface area (TPSA) is 49.5 Å². The number of nitrogen functional groups attached to an aromatic ring is 1. The maximum Gasteiger partial charge on any atom is 0.138 e. The van der Waals surface area contributed by atoms with Gasteiger partial charge < -0.3 is 10.8 Å². The number of phenols is 1. The smallest absolute Gasteiger partial charge is 0.138 e. The van der Waals surface area contributed by atoms with E-state index < -0.39 is 0 Å². The van der Waals surface area contributed by atoms with Crippen molar-refractivity contribution in [1.29, 1.82) is 0 Å². The van der Waals surface area contributed by atoms with Crippen molar-refractivity contribution in [3.63, 3.8) is 0 Å². The minimum absolute atomic E-state index is 0.173. The first kappa shape index (κ1) is 13.6. The quantitative estimate of drug-likeness (QED) is 0.638. The van der Waals surface area contributed by atoms with Crippen LogP contribution in [0.3, 0.4) is 0 Å². The lowest BCUT2D eigenvalue weighted by Gasteiger charge is -2.22. The van der Waals surface area contributed by atoms with Crippen LogP contribution in [-0.4, -0.2) is 33.6 Å². The van der Waals surface area contributed by atoms with Gasteiger partial charge >= 0.3 is 0 Å². The highest BCUT2D eigenvalue weighted by Gasteiger charge is 2.23. The molecule has 1 heterocycles. The van der Waals surface area contributed by atoms with Crippen LogP contribution in [0.5, 0.6) is 5.75 Å². The van der Waals surface area contributed by atoms with Gasteiger partial charge in [-0.15, -0.1) is 0 Å². The van der Waals surface area contributed by atoms with Crippen LogP contribution in [0.1, 0.15) is 25.8 Å². The molecule has 3 nitrogen and oxygen atoms in total. The molecule has 1 aliphatic heterocycles. The second kappa shape index (κ2) is 5.41. The van der Waals surface area contributed by atoms with Gasteiger partial charge in [0.2, 0.25) is 0 Å².